The largest absolute Gasteiger partial charge is 0.288 e. The van der Waals surface area contributed by atoms with Crippen LogP contribution in [0.5, 0.6) is 0 Å². The molecule has 4 nitrogen and oxygen atoms in total. The van der Waals surface area contributed by atoms with Crippen LogP contribution in [-0.2, 0) is 0 Å². The molecule has 0 amide bonds. The molecule has 0 aliphatic rings. The topological polar surface area (TPSA) is 56.0 Å². The number of nitrogens with zero attached hydrogens (tertiary/aromatic N) is 2. The second kappa shape index (κ2) is 6.58. The minimum absolute atomic E-state index is 0.114. The Hall–Kier alpha value is -3.24. The zero-order chi connectivity index (χ0) is 18.1. The molecule has 0 saturated heterocycles. The van der Waals surface area contributed by atoms with Crippen LogP contribution in [0, 0.1) is 10.1 Å². The van der Waals surface area contributed by atoms with E-state index in [1.165, 1.54) is 12.1 Å². The van der Waals surface area contributed by atoms with E-state index in [-0.39, 0.29) is 10.7 Å². The van der Waals surface area contributed by atoms with E-state index in [1.807, 2.05) is 60.7 Å². The Bertz CT molecular complexity index is 1130. The van der Waals surface area contributed by atoms with E-state index in [1.54, 1.807) is 6.07 Å². The number of nitro benzene ring substituents is 1. The van der Waals surface area contributed by atoms with Crippen LogP contribution in [0.4, 0.5) is 5.69 Å². The summed E-state index contributed by atoms with van der Waals surface area (Å²) in [6.45, 7) is 0. The Morgan fingerprint density at radius 3 is 2.35 bits per heavy atom. The van der Waals surface area contributed by atoms with Crippen LogP contribution in [-0.4, -0.2) is 9.91 Å². The molecule has 1 aromatic heterocycles. The smallest absolute Gasteiger partial charge is 0.258 e. The predicted octanol–water partition coefficient (Wildman–Crippen LogP) is 6.13. The summed E-state index contributed by atoms with van der Waals surface area (Å²) in [4.78, 5) is 15.4. The van der Waals surface area contributed by atoms with Crippen LogP contribution in [0.15, 0.2) is 78.9 Å². The maximum absolute atomic E-state index is 11.2. The van der Waals surface area contributed by atoms with Gasteiger partial charge in [0.05, 0.1) is 16.1 Å². The molecule has 0 bridgehead atoms. The van der Waals surface area contributed by atoms with Gasteiger partial charge < -0.3 is 0 Å². The highest BCUT2D eigenvalue weighted by molar-refractivity contribution is 6.32. The van der Waals surface area contributed by atoms with Gasteiger partial charge in [0.2, 0.25) is 0 Å². The fourth-order valence-electron chi connectivity index (χ4n) is 2.99. The van der Waals surface area contributed by atoms with Crippen molar-refractivity contribution < 1.29 is 4.92 Å². The molecular weight excluding hydrogens is 348 g/mol. The van der Waals surface area contributed by atoms with Gasteiger partial charge >= 0.3 is 0 Å². The van der Waals surface area contributed by atoms with Gasteiger partial charge in [-0.25, -0.2) is 4.98 Å². The number of para-hydroxylation sites is 1. The molecule has 5 heteroatoms. The van der Waals surface area contributed by atoms with Crippen LogP contribution in [0.3, 0.4) is 0 Å². The number of nitro groups is 1. The summed E-state index contributed by atoms with van der Waals surface area (Å²) in [6.07, 6.45) is 0. The van der Waals surface area contributed by atoms with Gasteiger partial charge in [-0.1, -0.05) is 66.2 Å². The first-order valence-corrected chi connectivity index (χ1v) is 8.41. The SMILES string of the molecule is O=[N+]([O-])c1cc(-c2cc(-c3ccccc3)c3ccccc3n2)ccc1Cl. The van der Waals surface area contributed by atoms with Crippen molar-refractivity contribution >= 4 is 28.2 Å². The Labute approximate surface area is 154 Å². The number of halogens is 1. The van der Waals surface area contributed by atoms with Crippen molar-refractivity contribution in [2.24, 2.45) is 0 Å². The lowest BCUT2D eigenvalue weighted by Crippen LogP contribution is -1.93. The van der Waals surface area contributed by atoms with Gasteiger partial charge in [-0.15, -0.1) is 0 Å². The van der Waals surface area contributed by atoms with E-state index in [0.717, 1.165) is 22.0 Å². The Morgan fingerprint density at radius 2 is 1.58 bits per heavy atom. The molecule has 126 valence electrons. The first-order valence-electron chi connectivity index (χ1n) is 8.03. The number of fused-ring (bicyclic) bond motifs is 1. The summed E-state index contributed by atoms with van der Waals surface area (Å²) in [5.74, 6) is 0. The molecule has 0 aliphatic carbocycles. The van der Waals surface area contributed by atoms with Gasteiger partial charge in [-0.05, 0) is 29.3 Å². The monoisotopic (exact) mass is 360 g/mol. The lowest BCUT2D eigenvalue weighted by Gasteiger charge is -2.10. The third kappa shape index (κ3) is 2.91. The van der Waals surface area contributed by atoms with Gasteiger partial charge in [0.25, 0.3) is 5.69 Å². The third-order valence-electron chi connectivity index (χ3n) is 4.24. The Kier molecular flexibility index (Phi) is 4.11. The molecule has 0 unspecified atom stereocenters. The van der Waals surface area contributed by atoms with Crippen molar-refractivity contribution in [1.82, 2.24) is 4.98 Å². The highest BCUT2D eigenvalue weighted by atomic mass is 35.5. The van der Waals surface area contributed by atoms with Crippen LogP contribution >= 0.6 is 11.6 Å². The summed E-state index contributed by atoms with van der Waals surface area (Å²) in [5, 5.41) is 12.4. The molecule has 0 radical (unpaired) electrons. The molecule has 4 rings (SSSR count). The maximum Gasteiger partial charge on any atom is 0.288 e. The number of aromatic nitrogens is 1. The minimum atomic E-state index is -0.481. The molecule has 0 saturated carbocycles. The van der Waals surface area contributed by atoms with Gasteiger partial charge in [-0.2, -0.15) is 0 Å². The zero-order valence-corrected chi connectivity index (χ0v) is 14.4. The molecule has 0 N–H and O–H groups in total. The summed E-state index contributed by atoms with van der Waals surface area (Å²) in [6, 6.07) is 24.6. The maximum atomic E-state index is 11.2. The first-order chi connectivity index (χ1) is 12.6. The summed E-state index contributed by atoms with van der Waals surface area (Å²) < 4.78 is 0. The predicted molar refractivity (Wildman–Crippen MR) is 104 cm³/mol. The van der Waals surface area contributed by atoms with E-state index in [0.29, 0.717) is 11.3 Å². The molecule has 0 aliphatic heterocycles. The standard InChI is InChI=1S/C21H13ClN2O2/c22-18-11-10-15(12-21(18)24(25)26)20-13-17(14-6-2-1-3-7-14)16-8-4-5-9-19(16)23-20/h1-13H. The molecule has 0 atom stereocenters. The second-order valence-electron chi connectivity index (χ2n) is 5.86. The van der Waals surface area contributed by atoms with Crippen molar-refractivity contribution in [3.05, 3.63) is 94.0 Å². The number of benzene rings is 3. The van der Waals surface area contributed by atoms with E-state index >= 15 is 0 Å². The van der Waals surface area contributed by atoms with E-state index in [9.17, 15) is 10.1 Å². The molecule has 4 aromatic rings. The average Bonchev–Trinajstić information content (AvgIpc) is 2.68. The summed E-state index contributed by atoms with van der Waals surface area (Å²) in [5.41, 5.74) is 4.13. The van der Waals surface area contributed by atoms with Crippen molar-refractivity contribution in [2.75, 3.05) is 0 Å². The number of pyridine rings is 1. The van der Waals surface area contributed by atoms with E-state index in [4.69, 9.17) is 16.6 Å². The van der Waals surface area contributed by atoms with Gasteiger partial charge in [-0.3, -0.25) is 10.1 Å². The fourth-order valence-corrected chi connectivity index (χ4v) is 3.18. The van der Waals surface area contributed by atoms with Gasteiger partial charge in [0.1, 0.15) is 5.02 Å². The molecule has 3 aromatic carbocycles. The van der Waals surface area contributed by atoms with Gasteiger partial charge in [0.15, 0.2) is 0 Å². The van der Waals surface area contributed by atoms with E-state index < -0.39 is 4.92 Å². The third-order valence-corrected chi connectivity index (χ3v) is 4.56. The second-order valence-corrected chi connectivity index (χ2v) is 6.27. The fraction of sp³-hybridized carbons (Fsp3) is 0. The molecule has 26 heavy (non-hydrogen) atoms. The Morgan fingerprint density at radius 1 is 0.846 bits per heavy atom. The van der Waals surface area contributed by atoms with Gasteiger partial charge in [0, 0.05) is 17.0 Å². The van der Waals surface area contributed by atoms with E-state index in [2.05, 4.69) is 0 Å². The molecule has 1 heterocycles. The number of rotatable bonds is 3. The van der Waals surface area contributed by atoms with Crippen molar-refractivity contribution in [2.45, 2.75) is 0 Å². The lowest BCUT2D eigenvalue weighted by molar-refractivity contribution is -0.384. The summed E-state index contributed by atoms with van der Waals surface area (Å²) >= 11 is 5.94. The zero-order valence-electron chi connectivity index (χ0n) is 13.6. The minimum Gasteiger partial charge on any atom is -0.258 e. The molecular formula is C21H13ClN2O2. The first kappa shape index (κ1) is 16.2. The van der Waals surface area contributed by atoms with Crippen molar-refractivity contribution in [1.29, 1.82) is 0 Å². The highest BCUT2D eigenvalue weighted by Gasteiger charge is 2.15. The molecule has 0 fully saturated rings. The average molecular weight is 361 g/mol. The normalized spacial score (nSPS) is 10.8. The molecule has 0 spiro atoms. The summed E-state index contributed by atoms with van der Waals surface area (Å²) in [7, 11) is 0. The van der Waals surface area contributed by atoms with Crippen LogP contribution in [0.25, 0.3) is 33.3 Å². The Balaban J connectivity index is 1.98. The van der Waals surface area contributed by atoms with Crippen LogP contribution in [0.2, 0.25) is 5.02 Å². The van der Waals surface area contributed by atoms with Crippen molar-refractivity contribution in [3.63, 3.8) is 0 Å². The number of hydrogen-bond donors (Lipinski definition) is 0. The number of hydrogen-bond acceptors (Lipinski definition) is 3. The van der Waals surface area contributed by atoms with Crippen LogP contribution < -0.4 is 0 Å². The highest BCUT2D eigenvalue weighted by Crippen LogP contribution is 2.34. The quantitative estimate of drug-likeness (QED) is 0.326. The lowest BCUT2D eigenvalue weighted by atomic mass is 9.98. The van der Waals surface area contributed by atoms with Crippen molar-refractivity contribution in [3.8, 4) is 22.4 Å². The van der Waals surface area contributed by atoms with Crippen LogP contribution in [0.1, 0.15) is 0 Å².